The molecule has 0 saturated carbocycles. The van der Waals surface area contributed by atoms with Gasteiger partial charge in [-0.1, -0.05) is 24.3 Å². The minimum Gasteiger partial charge on any atom is -0.385 e. The van der Waals surface area contributed by atoms with E-state index in [9.17, 15) is 15.3 Å². The molecule has 2 aliphatic heterocycles. The number of hydrogen-bond donors (Lipinski definition) is 4. The summed E-state index contributed by atoms with van der Waals surface area (Å²) >= 11 is 0. The molecule has 1 aromatic carbocycles. The van der Waals surface area contributed by atoms with Crippen molar-refractivity contribution in [2.24, 2.45) is 0 Å². The Bertz CT molecular complexity index is 1020. The van der Waals surface area contributed by atoms with Gasteiger partial charge in [-0.2, -0.15) is 0 Å². The number of aromatic nitrogens is 3. The zero-order valence-electron chi connectivity index (χ0n) is 14.0. The van der Waals surface area contributed by atoms with Crippen molar-refractivity contribution in [3.05, 3.63) is 42.4 Å². The summed E-state index contributed by atoms with van der Waals surface area (Å²) in [4.78, 5) is 8.73. The van der Waals surface area contributed by atoms with Gasteiger partial charge in [0.05, 0.1) is 5.39 Å². The highest BCUT2D eigenvalue weighted by molar-refractivity contribution is 6.02. The van der Waals surface area contributed by atoms with Gasteiger partial charge in [-0.15, -0.1) is 0 Å². The van der Waals surface area contributed by atoms with Crippen LogP contribution in [0, 0.1) is 0 Å². The molecule has 0 spiro atoms. The molecule has 8 nitrogen and oxygen atoms in total. The second kappa shape index (κ2) is 5.24. The molecular weight excluding hydrogens is 336 g/mol. The molecule has 8 heteroatoms. The molecular formula is C18H18N4O4. The average molecular weight is 354 g/mol. The van der Waals surface area contributed by atoms with Crippen molar-refractivity contribution < 1.29 is 20.1 Å². The molecule has 0 bridgehead atoms. The minimum absolute atomic E-state index is 0.556. The van der Waals surface area contributed by atoms with Crippen LogP contribution in [0.25, 0.3) is 22.2 Å². The van der Waals surface area contributed by atoms with Crippen molar-refractivity contribution in [2.75, 3.05) is 5.32 Å². The topological polar surface area (TPSA) is 113 Å². The number of anilines is 1. The van der Waals surface area contributed by atoms with Gasteiger partial charge in [0.2, 0.25) is 0 Å². The van der Waals surface area contributed by atoms with E-state index in [2.05, 4.69) is 15.3 Å². The zero-order valence-corrected chi connectivity index (χ0v) is 14.0. The summed E-state index contributed by atoms with van der Waals surface area (Å²) < 4.78 is 7.11. The third-order valence-electron chi connectivity index (χ3n) is 5.25. The highest BCUT2D eigenvalue weighted by Gasteiger charge is 2.53. The second-order valence-corrected chi connectivity index (χ2v) is 6.93. The molecule has 0 amide bonds. The summed E-state index contributed by atoms with van der Waals surface area (Å²) in [7, 11) is 0. The first-order valence-electron chi connectivity index (χ1n) is 8.40. The largest absolute Gasteiger partial charge is 0.385 e. The van der Waals surface area contributed by atoms with Gasteiger partial charge in [0, 0.05) is 18.3 Å². The molecule has 2 aromatic heterocycles. The number of aliphatic hydroxyl groups is 3. The van der Waals surface area contributed by atoms with Crippen molar-refractivity contribution in [2.45, 2.75) is 37.7 Å². The minimum atomic E-state index is -1.68. The molecule has 1 saturated heterocycles. The highest BCUT2D eigenvalue weighted by Crippen LogP contribution is 2.44. The van der Waals surface area contributed by atoms with E-state index >= 15 is 0 Å². The maximum absolute atomic E-state index is 10.7. The molecule has 4 N–H and O–H groups in total. The number of fused-ring (bicyclic) bond motifs is 2. The Morgan fingerprint density at radius 2 is 2.04 bits per heavy atom. The lowest BCUT2D eigenvalue weighted by molar-refractivity contribution is -0.141. The average Bonchev–Trinajstić information content (AvgIpc) is 3.04. The number of rotatable bonds is 1. The van der Waals surface area contributed by atoms with E-state index in [1.165, 1.54) is 13.3 Å². The molecule has 4 atom stereocenters. The van der Waals surface area contributed by atoms with Gasteiger partial charge in [0.1, 0.15) is 29.5 Å². The van der Waals surface area contributed by atoms with Crippen molar-refractivity contribution in [1.29, 1.82) is 0 Å². The first-order chi connectivity index (χ1) is 12.5. The Hall–Kier alpha value is -2.52. The molecule has 0 radical (unpaired) electrons. The predicted octanol–water partition coefficient (Wildman–Crippen LogP) is 0.983. The van der Waals surface area contributed by atoms with Gasteiger partial charge >= 0.3 is 0 Å². The smallest absolute Gasteiger partial charge is 0.186 e. The van der Waals surface area contributed by atoms with Gasteiger partial charge in [0.15, 0.2) is 12.5 Å². The fraction of sp³-hybridized carbons (Fsp3) is 0.333. The number of benzene rings is 1. The zero-order chi connectivity index (χ0) is 18.1. The summed E-state index contributed by atoms with van der Waals surface area (Å²) in [5.74, 6) is 0.693. The molecule has 2 aliphatic rings. The monoisotopic (exact) mass is 354 g/mol. The van der Waals surface area contributed by atoms with Crippen LogP contribution in [0.15, 0.2) is 36.8 Å². The van der Waals surface area contributed by atoms with Crippen molar-refractivity contribution in [3.63, 3.8) is 0 Å². The molecule has 0 aliphatic carbocycles. The third kappa shape index (κ3) is 1.98. The maximum Gasteiger partial charge on any atom is 0.186 e. The normalized spacial score (nSPS) is 30.1. The molecule has 1 fully saturated rings. The molecule has 3 aromatic rings. The van der Waals surface area contributed by atoms with Crippen LogP contribution in [0.4, 0.5) is 5.82 Å². The lowest BCUT2D eigenvalue weighted by atomic mass is 9.99. The van der Waals surface area contributed by atoms with E-state index in [-0.39, 0.29) is 0 Å². The van der Waals surface area contributed by atoms with E-state index in [1.807, 2.05) is 30.5 Å². The van der Waals surface area contributed by atoms with Gasteiger partial charge in [-0.25, -0.2) is 9.97 Å². The number of hydrogen-bond acceptors (Lipinski definition) is 7. The number of ether oxygens (including phenoxy) is 1. The lowest BCUT2D eigenvalue weighted by Crippen LogP contribution is -2.43. The van der Waals surface area contributed by atoms with Crippen LogP contribution in [-0.4, -0.2) is 47.8 Å². The first kappa shape index (κ1) is 15.7. The SMILES string of the molecule is CC1(O)C(n2cc3c4c(ncnc42)NCc2ccccc2-3)OC(O)[C@H]1O. The van der Waals surface area contributed by atoms with Crippen LogP contribution in [0.3, 0.4) is 0 Å². The second-order valence-electron chi connectivity index (χ2n) is 6.93. The van der Waals surface area contributed by atoms with Crippen LogP contribution in [-0.2, 0) is 11.3 Å². The third-order valence-corrected chi connectivity index (χ3v) is 5.25. The van der Waals surface area contributed by atoms with Gasteiger partial charge in [-0.05, 0) is 18.1 Å². The van der Waals surface area contributed by atoms with Crippen LogP contribution < -0.4 is 5.32 Å². The molecule has 26 heavy (non-hydrogen) atoms. The van der Waals surface area contributed by atoms with Gasteiger partial charge in [0.25, 0.3) is 0 Å². The molecule has 5 rings (SSSR count). The van der Waals surface area contributed by atoms with Crippen molar-refractivity contribution >= 4 is 16.9 Å². The summed E-state index contributed by atoms with van der Waals surface area (Å²) in [6.07, 6.45) is -0.614. The Morgan fingerprint density at radius 1 is 1.23 bits per heavy atom. The summed E-state index contributed by atoms with van der Waals surface area (Å²) in [6, 6.07) is 8.01. The summed E-state index contributed by atoms with van der Waals surface area (Å²) in [6.45, 7) is 2.08. The molecule has 4 heterocycles. The lowest BCUT2D eigenvalue weighted by Gasteiger charge is -2.27. The Labute approximate surface area is 148 Å². The van der Waals surface area contributed by atoms with E-state index < -0.39 is 24.2 Å². The van der Waals surface area contributed by atoms with Crippen LogP contribution in [0.5, 0.6) is 0 Å². The number of aliphatic hydroxyl groups excluding tert-OH is 2. The van der Waals surface area contributed by atoms with Crippen LogP contribution in [0.1, 0.15) is 18.7 Å². The Kier molecular flexibility index (Phi) is 3.17. The quantitative estimate of drug-likeness (QED) is 0.515. The van der Waals surface area contributed by atoms with Crippen LogP contribution >= 0.6 is 0 Å². The first-order valence-corrected chi connectivity index (χ1v) is 8.40. The fourth-order valence-corrected chi connectivity index (χ4v) is 3.84. The molecule has 3 unspecified atom stereocenters. The van der Waals surface area contributed by atoms with E-state index in [1.54, 1.807) is 4.57 Å². The Balaban J connectivity index is 1.79. The Morgan fingerprint density at radius 3 is 2.81 bits per heavy atom. The highest BCUT2D eigenvalue weighted by atomic mass is 16.7. The van der Waals surface area contributed by atoms with E-state index in [0.29, 0.717) is 18.0 Å². The van der Waals surface area contributed by atoms with Gasteiger partial charge < -0.3 is 29.9 Å². The summed E-state index contributed by atoms with van der Waals surface area (Å²) in [5, 5.41) is 34.8. The maximum atomic E-state index is 10.7. The number of nitrogens with one attached hydrogen (secondary N) is 1. The fourth-order valence-electron chi connectivity index (χ4n) is 3.84. The van der Waals surface area contributed by atoms with Crippen molar-refractivity contribution in [1.82, 2.24) is 14.5 Å². The van der Waals surface area contributed by atoms with Crippen molar-refractivity contribution in [3.8, 4) is 11.1 Å². The predicted molar refractivity (Wildman–Crippen MR) is 93.1 cm³/mol. The van der Waals surface area contributed by atoms with E-state index in [4.69, 9.17) is 4.74 Å². The van der Waals surface area contributed by atoms with Gasteiger partial charge in [-0.3, -0.25) is 0 Å². The molecule has 134 valence electrons. The van der Waals surface area contributed by atoms with Crippen LogP contribution in [0.2, 0.25) is 0 Å². The number of nitrogens with zero attached hydrogens (tertiary/aromatic N) is 3. The standard InChI is InChI=1S/C18H18N4O4/c1-18(25)13(23)16(24)26-17(18)22-7-11-10-5-3-2-4-9(10)6-19-14-12(11)15(22)21-8-20-14/h2-5,7-8,13,16-17,23-25H,6H2,1H3,(H,19,20,21)/t13-,16?,17?,18?/m1/s1. The summed E-state index contributed by atoms with van der Waals surface area (Å²) in [5.41, 5.74) is 1.94. The van der Waals surface area contributed by atoms with E-state index in [0.717, 1.165) is 22.1 Å².